The van der Waals surface area contributed by atoms with Gasteiger partial charge in [0.2, 0.25) is 0 Å². The lowest BCUT2D eigenvalue weighted by Gasteiger charge is -2.36. The van der Waals surface area contributed by atoms with E-state index in [9.17, 15) is 14.0 Å². The first-order chi connectivity index (χ1) is 13.6. The molecule has 0 spiro atoms. The van der Waals surface area contributed by atoms with Crippen molar-refractivity contribution in [3.8, 4) is 0 Å². The summed E-state index contributed by atoms with van der Waals surface area (Å²) in [4.78, 5) is 31.1. The van der Waals surface area contributed by atoms with Crippen LogP contribution in [0.4, 0.5) is 15.8 Å². The van der Waals surface area contributed by atoms with Crippen LogP contribution in [-0.2, 0) is 0 Å². The number of nitrogen functional groups attached to an aromatic ring is 1. The van der Waals surface area contributed by atoms with Crippen LogP contribution >= 0.6 is 11.5 Å². The van der Waals surface area contributed by atoms with Crippen LogP contribution in [0.2, 0.25) is 0 Å². The number of amides is 2. The summed E-state index contributed by atoms with van der Waals surface area (Å²) in [5, 5.41) is 0. The molecule has 0 saturated carbocycles. The maximum Gasteiger partial charge on any atom is 0.275 e. The van der Waals surface area contributed by atoms with Gasteiger partial charge in [-0.05, 0) is 36.5 Å². The molecule has 28 heavy (non-hydrogen) atoms. The second-order valence-electron chi connectivity index (χ2n) is 7.00. The normalized spacial score (nSPS) is 17.2. The Morgan fingerprint density at radius 3 is 2.29 bits per heavy atom. The van der Waals surface area contributed by atoms with E-state index < -0.39 is 0 Å². The Bertz CT molecular complexity index is 888. The van der Waals surface area contributed by atoms with Gasteiger partial charge in [-0.1, -0.05) is 12.1 Å². The quantitative estimate of drug-likeness (QED) is 0.848. The number of likely N-dealkylation sites (tertiary alicyclic amines) is 1. The van der Waals surface area contributed by atoms with Crippen molar-refractivity contribution in [2.75, 3.05) is 49.9 Å². The molecule has 0 unspecified atom stereocenters. The fourth-order valence-corrected chi connectivity index (χ4v) is 4.44. The van der Waals surface area contributed by atoms with E-state index in [4.69, 9.17) is 5.73 Å². The van der Waals surface area contributed by atoms with E-state index in [1.165, 1.54) is 6.07 Å². The highest BCUT2D eigenvalue weighted by atomic mass is 32.1. The number of aromatic nitrogens is 1. The molecule has 2 fully saturated rings. The molecular formula is C19H22FN5O2S. The van der Waals surface area contributed by atoms with Crippen molar-refractivity contribution >= 4 is 34.7 Å². The molecule has 2 aromatic rings. The first kappa shape index (κ1) is 18.7. The number of hydrogen-bond donors (Lipinski definition) is 1. The van der Waals surface area contributed by atoms with Crippen LogP contribution in [0, 0.1) is 5.82 Å². The van der Waals surface area contributed by atoms with Gasteiger partial charge in [0.15, 0.2) is 5.69 Å². The van der Waals surface area contributed by atoms with E-state index in [0.717, 1.165) is 24.4 Å². The van der Waals surface area contributed by atoms with Crippen LogP contribution in [-0.4, -0.2) is 65.3 Å². The van der Waals surface area contributed by atoms with E-state index >= 15 is 0 Å². The zero-order valence-electron chi connectivity index (χ0n) is 15.4. The van der Waals surface area contributed by atoms with Gasteiger partial charge in [-0.25, -0.2) is 4.39 Å². The van der Waals surface area contributed by atoms with Crippen LogP contribution in [0.15, 0.2) is 24.3 Å². The van der Waals surface area contributed by atoms with Crippen molar-refractivity contribution in [2.24, 2.45) is 0 Å². The van der Waals surface area contributed by atoms with E-state index in [1.54, 1.807) is 28.0 Å². The molecule has 3 heterocycles. The lowest BCUT2D eigenvalue weighted by Crippen LogP contribution is -2.49. The van der Waals surface area contributed by atoms with Crippen molar-refractivity contribution in [3.05, 3.63) is 40.7 Å². The van der Waals surface area contributed by atoms with Gasteiger partial charge in [-0.2, -0.15) is 4.37 Å². The molecule has 2 saturated heterocycles. The number of nitrogens with zero attached hydrogens (tertiary/aromatic N) is 4. The summed E-state index contributed by atoms with van der Waals surface area (Å²) in [6.07, 6.45) is 1.96. The van der Waals surface area contributed by atoms with Crippen LogP contribution in [0.1, 0.15) is 33.0 Å². The number of nitrogens with two attached hydrogens (primary N) is 1. The van der Waals surface area contributed by atoms with Crippen molar-refractivity contribution in [2.45, 2.75) is 12.8 Å². The highest BCUT2D eigenvalue weighted by Crippen LogP contribution is 2.27. The molecule has 1 aromatic carbocycles. The third-order valence-electron chi connectivity index (χ3n) is 5.28. The average Bonchev–Trinajstić information content (AvgIpc) is 3.38. The van der Waals surface area contributed by atoms with E-state index in [1.807, 2.05) is 4.90 Å². The second kappa shape index (κ2) is 7.75. The third-order valence-corrected chi connectivity index (χ3v) is 6.13. The minimum atomic E-state index is -0.265. The highest BCUT2D eigenvalue weighted by Gasteiger charge is 2.30. The van der Waals surface area contributed by atoms with Gasteiger partial charge >= 0.3 is 0 Å². The molecule has 0 aliphatic carbocycles. The molecule has 0 bridgehead atoms. The third kappa shape index (κ3) is 3.42. The molecule has 148 valence electrons. The minimum Gasteiger partial charge on any atom is -0.395 e. The van der Waals surface area contributed by atoms with E-state index in [-0.39, 0.29) is 29.0 Å². The molecule has 4 rings (SSSR count). The number of carbonyl (C=O) groups excluding carboxylic acids is 2. The fraction of sp³-hybridized carbons (Fsp3) is 0.421. The molecule has 2 aliphatic heterocycles. The monoisotopic (exact) mass is 403 g/mol. The Kier molecular flexibility index (Phi) is 5.17. The SMILES string of the molecule is Nc1c(C(=O)N2CCCC2)nsc1C(=O)N1CCN(c2ccccc2F)CC1. The summed E-state index contributed by atoms with van der Waals surface area (Å²) < 4.78 is 18.1. The Labute approximate surface area is 166 Å². The molecule has 1 aromatic heterocycles. The summed E-state index contributed by atoms with van der Waals surface area (Å²) in [7, 11) is 0. The Morgan fingerprint density at radius 1 is 0.964 bits per heavy atom. The molecule has 2 N–H and O–H groups in total. The highest BCUT2D eigenvalue weighted by molar-refractivity contribution is 7.09. The predicted octanol–water partition coefficient (Wildman–Crippen LogP) is 2.06. The molecule has 9 heteroatoms. The minimum absolute atomic E-state index is 0.170. The first-order valence-corrected chi connectivity index (χ1v) is 10.2. The number of piperazine rings is 1. The lowest BCUT2D eigenvalue weighted by atomic mass is 10.2. The number of halogens is 1. The number of anilines is 2. The lowest BCUT2D eigenvalue weighted by molar-refractivity contribution is 0.0752. The Balaban J connectivity index is 1.43. The van der Waals surface area contributed by atoms with Gasteiger partial charge in [0.25, 0.3) is 11.8 Å². The van der Waals surface area contributed by atoms with Gasteiger partial charge in [-0.3, -0.25) is 9.59 Å². The summed E-state index contributed by atoms with van der Waals surface area (Å²) in [5.41, 5.74) is 7.01. The smallest absolute Gasteiger partial charge is 0.275 e. The standard InChI is InChI=1S/C19H22FN5O2S/c20-13-5-1-2-6-14(13)23-9-11-25(12-10-23)19(27)17-15(21)16(22-28-17)18(26)24-7-3-4-8-24/h1-2,5-6H,3-4,7-12,21H2. The molecule has 0 atom stereocenters. The van der Waals surface area contributed by atoms with Crippen LogP contribution in [0.25, 0.3) is 0 Å². The molecule has 2 aliphatic rings. The van der Waals surface area contributed by atoms with Crippen molar-refractivity contribution < 1.29 is 14.0 Å². The molecular weight excluding hydrogens is 381 g/mol. The zero-order valence-corrected chi connectivity index (χ0v) is 16.3. The second-order valence-corrected chi connectivity index (χ2v) is 7.78. The number of hydrogen-bond acceptors (Lipinski definition) is 6. The first-order valence-electron chi connectivity index (χ1n) is 9.39. The largest absolute Gasteiger partial charge is 0.395 e. The Morgan fingerprint density at radius 2 is 1.61 bits per heavy atom. The van der Waals surface area contributed by atoms with Crippen LogP contribution < -0.4 is 10.6 Å². The average molecular weight is 403 g/mol. The summed E-state index contributed by atoms with van der Waals surface area (Å²) in [6, 6.07) is 6.63. The van der Waals surface area contributed by atoms with E-state index in [2.05, 4.69) is 4.37 Å². The Hall–Kier alpha value is -2.68. The van der Waals surface area contributed by atoms with Gasteiger partial charge in [0.05, 0.1) is 11.4 Å². The molecule has 7 nitrogen and oxygen atoms in total. The number of carbonyl (C=O) groups is 2. The summed E-state index contributed by atoms with van der Waals surface area (Å²) in [5.74, 6) is -0.683. The van der Waals surface area contributed by atoms with Crippen LogP contribution in [0.5, 0.6) is 0 Å². The number of para-hydroxylation sites is 1. The fourth-order valence-electron chi connectivity index (χ4n) is 3.68. The molecule has 2 amide bonds. The van der Waals surface area contributed by atoms with Crippen molar-refractivity contribution in [1.29, 1.82) is 0 Å². The van der Waals surface area contributed by atoms with Gasteiger partial charge in [0, 0.05) is 39.3 Å². The van der Waals surface area contributed by atoms with E-state index in [0.29, 0.717) is 49.8 Å². The van der Waals surface area contributed by atoms with Gasteiger partial charge < -0.3 is 20.4 Å². The van der Waals surface area contributed by atoms with Crippen molar-refractivity contribution in [3.63, 3.8) is 0 Å². The maximum absolute atomic E-state index is 14.0. The number of benzene rings is 1. The topological polar surface area (TPSA) is 82.8 Å². The summed E-state index contributed by atoms with van der Waals surface area (Å²) >= 11 is 0.977. The number of rotatable bonds is 3. The zero-order chi connectivity index (χ0) is 19.7. The maximum atomic E-state index is 14.0. The van der Waals surface area contributed by atoms with Gasteiger partial charge in [0.1, 0.15) is 10.7 Å². The summed E-state index contributed by atoms with van der Waals surface area (Å²) in [6.45, 7) is 3.39. The van der Waals surface area contributed by atoms with Crippen molar-refractivity contribution in [1.82, 2.24) is 14.2 Å². The van der Waals surface area contributed by atoms with Gasteiger partial charge in [-0.15, -0.1) is 0 Å². The molecule has 0 radical (unpaired) electrons. The van der Waals surface area contributed by atoms with Crippen LogP contribution in [0.3, 0.4) is 0 Å². The predicted molar refractivity (Wildman–Crippen MR) is 106 cm³/mol.